The molecular weight excluding hydrogens is 478 g/mol. The van der Waals surface area contributed by atoms with Crippen LogP contribution < -0.4 is 15.8 Å². The number of anilines is 1. The number of pyridine rings is 1. The molecule has 2 aromatic rings. The van der Waals surface area contributed by atoms with Crippen molar-refractivity contribution in [2.45, 2.75) is 26.3 Å². The van der Waals surface area contributed by atoms with Gasteiger partial charge in [0.2, 0.25) is 5.91 Å². The zero-order valence-electron chi connectivity index (χ0n) is 18.9. The molecular formula is C22H23N5O5S2. The molecule has 0 saturated carbocycles. The number of hydrogen-bond acceptors (Lipinski definition) is 9. The highest BCUT2D eigenvalue weighted by Gasteiger charge is 2.36. The van der Waals surface area contributed by atoms with Gasteiger partial charge in [-0.1, -0.05) is 30.0 Å². The molecule has 1 unspecified atom stereocenters. The average molecular weight is 502 g/mol. The summed E-state index contributed by atoms with van der Waals surface area (Å²) in [5, 5.41) is 2.75. The molecule has 0 bridgehead atoms. The van der Waals surface area contributed by atoms with Crippen molar-refractivity contribution in [3.8, 4) is 0 Å². The van der Waals surface area contributed by atoms with Crippen molar-refractivity contribution in [1.29, 1.82) is 0 Å². The van der Waals surface area contributed by atoms with Crippen LogP contribution in [0.4, 0.5) is 5.82 Å². The quantitative estimate of drug-likeness (QED) is 0.365. The van der Waals surface area contributed by atoms with E-state index in [1.54, 1.807) is 31.1 Å². The molecule has 0 radical (unpaired) electrons. The summed E-state index contributed by atoms with van der Waals surface area (Å²) in [4.78, 5) is 59.2. The van der Waals surface area contributed by atoms with Crippen LogP contribution in [0.5, 0.6) is 0 Å². The van der Waals surface area contributed by atoms with Crippen LogP contribution in [0.1, 0.15) is 24.5 Å². The monoisotopic (exact) mass is 501 g/mol. The third-order valence-corrected chi connectivity index (χ3v) is 7.00. The molecule has 0 aromatic carbocycles. The van der Waals surface area contributed by atoms with E-state index in [4.69, 9.17) is 17.0 Å². The molecule has 178 valence electrons. The maximum Gasteiger partial charge on any atom is 0.308 e. The number of esters is 1. The zero-order valence-corrected chi connectivity index (χ0v) is 20.5. The lowest BCUT2D eigenvalue weighted by molar-refractivity contribution is -0.145. The molecule has 4 rings (SSSR count). The molecule has 2 amide bonds. The van der Waals surface area contributed by atoms with E-state index in [-0.39, 0.29) is 41.1 Å². The van der Waals surface area contributed by atoms with Crippen molar-refractivity contribution >= 4 is 63.6 Å². The summed E-state index contributed by atoms with van der Waals surface area (Å²) < 4.78 is 6.83. The number of thioether (sulfide) groups is 1. The number of thiocarbonyl (C=S) groups is 1. The summed E-state index contributed by atoms with van der Waals surface area (Å²) in [5.41, 5.74) is 0.978. The fourth-order valence-corrected chi connectivity index (χ4v) is 4.98. The minimum atomic E-state index is -0.916. The first-order valence-electron chi connectivity index (χ1n) is 10.7. The minimum absolute atomic E-state index is 0.139. The van der Waals surface area contributed by atoms with Crippen LogP contribution in [0.25, 0.3) is 11.7 Å². The normalized spacial score (nSPS) is 19.8. The summed E-state index contributed by atoms with van der Waals surface area (Å²) in [6.07, 6.45) is 2.93. The Morgan fingerprint density at radius 3 is 2.79 bits per heavy atom. The van der Waals surface area contributed by atoms with Gasteiger partial charge in [-0.25, -0.2) is 4.98 Å². The van der Waals surface area contributed by atoms with Crippen LogP contribution in [-0.4, -0.2) is 69.2 Å². The van der Waals surface area contributed by atoms with Crippen LogP contribution in [0, 0.1) is 6.92 Å². The average Bonchev–Trinajstić information content (AvgIpc) is 3.04. The van der Waals surface area contributed by atoms with Gasteiger partial charge in [-0.2, -0.15) is 0 Å². The second-order valence-corrected chi connectivity index (χ2v) is 9.51. The van der Waals surface area contributed by atoms with Crippen molar-refractivity contribution in [1.82, 2.24) is 19.6 Å². The molecule has 2 saturated heterocycles. The zero-order chi connectivity index (χ0) is 24.6. The van der Waals surface area contributed by atoms with Crippen molar-refractivity contribution in [3.05, 3.63) is 44.7 Å². The second-order valence-electron chi connectivity index (χ2n) is 7.84. The highest BCUT2D eigenvalue weighted by atomic mass is 32.2. The van der Waals surface area contributed by atoms with E-state index in [1.807, 2.05) is 13.0 Å². The lowest BCUT2D eigenvalue weighted by Gasteiger charge is -2.36. The van der Waals surface area contributed by atoms with E-state index >= 15 is 0 Å². The summed E-state index contributed by atoms with van der Waals surface area (Å²) >= 11 is 6.31. The number of hydrogen-bond donors (Lipinski definition) is 1. The highest BCUT2D eigenvalue weighted by Crippen LogP contribution is 2.33. The number of ether oxygens (including phenoxy) is 1. The molecule has 0 spiro atoms. The minimum Gasteiger partial charge on any atom is -0.466 e. The number of nitrogens with zero attached hydrogens (tertiary/aromatic N) is 4. The largest absolute Gasteiger partial charge is 0.466 e. The fourth-order valence-electron chi connectivity index (χ4n) is 3.82. The number of fused-ring (bicyclic) bond motifs is 1. The van der Waals surface area contributed by atoms with E-state index in [2.05, 4.69) is 10.3 Å². The first-order chi connectivity index (χ1) is 16.2. The van der Waals surface area contributed by atoms with Crippen molar-refractivity contribution < 1.29 is 19.1 Å². The molecule has 10 nitrogen and oxygen atoms in total. The molecule has 1 atom stereocenters. The van der Waals surface area contributed by atoms with Gasteiger partial charge < -0.3 is 15.0 Å². The Kier molecular flexibility index (Phi) is 6.71. The van der Waals surface area contributed by atoms with Gasteiger partial charge in [0.25, 0.3) is 11.5 Å². The molecule has 2 aliphatic heterocycles. The molecule has 34 heavy (non-hydrogen) atoms. The standard InChI is InChI=1S/C22H23N5O5S2/c1-4-32-17(28)10-14-19(29)23-7-8-26(14)18-13(9-15-21(31)25(3)22(33)34-15)20(30)27-11-12(2)5-6-16(27)24-18/h5-6,9,11,14H,4,7-8,10H2,1-3H3,(H,23,29)/b15-9-. The predicted octanol–water partition coefficient (Wildman–Crippen LogP) is 1.09. The van der Waals surface area contributed by atoms with Crippen LogP contribution in [0.15, 0.2) is 28.0 Å². The lowest BCUT2D eigenvalue weighted by atomic mass is 10.1. The van der Waals surface area contributed by atoms with Gasteiger partial charge in [0, 0.05) is 26.3 Å². The van der Waals surface area contributed by atoms with Gasteiger partial charge in [-0.05, 0) is 31.6 Å². The van der Waals surface area contributed by atoms with Crippen LogP contribution in [0.3, 0.4) is 0 Å². The first kappa shape index (κ1) is 23.9. The van der Waals surface area contributed by atoms with E-state index < -0.39 is 17.6 Å². The van der Waals surface area contributed by atoms with E-state index in [9.17, 15) is 19.2 Å². The first-order valence-corrected chi connectivity index (χ1v) is 11.9. The van der Waals surface area contributed by atoms with Crippen LogP contribution in [0.2, 0.25) is 0 Å². The maximum absolute atomic E-state index is 13.6. The predicted molar refractivity (Wildman–Crippen MR) is 133 cm³/mol. The Balaban J connectivity index is 1.91. The maximum atomic E-state index is 13.6. The number of likely N-dealkylation sites (N-methyl/N-ethyl adjacent to an activating group) is 1. The lowest BCUT2D eigenvalue weighted by Crippen LogP contribution is -2.57. The molecule has 1 N–H and O–H groups in total. The molecule has 2 fully saturated rings. The molecule has 4 heterocycles. The molecule has 12 heteroatoms. The Bertz CT molecular complexity index is 1300. The molecule has 2 aliphatic rings. The molecule has 2 aromatic heterocycles. The highest BCUT2D eigenvalue weighted by molar-refractivity contribution is 8.26. The number of aromatic nitrogens is 2. The Labute approximate surface area is 204 Å². The smallest absolute Gasteiger partial charge is 0.308 e. The number of nitrogens with one attached hydrogen (secondary N) is 1. The van der Waals surface area contributed by atoms with Crippen molar-refractivity contribution in [2.75, 3.05) is 31.6 Å². The third-order valence-electron chi connectivity index (χ3n) is 5.52. The van der Waals surface area contributed by atoms with Gasteiger partial charge >= 0.3 is 5.97 Å². The van der Waals surface area contributed by atoms with Gasteiger partial charge in [0.15, 0.2) is 0 Å². The van der Waals surface area contributed by atoms with Crippen LogP contribution in [-0.2, 0) is 19.1 Å². The van der Waals surface area contributed by atoms with Gasteiger partial charge in [-0.15, -0.1) is 0 Å². The van der Waals surface area contributed by atoms with E-state index in [1.165, 1.54) is 15.4 Å². The summed E-state index contributed by atoms with van der Waals surface area (Å²) in [7, 11) is 1.57. The van der Waals surface area contributed by atoms with Gasteiger partial charge in [0.05, 0.1) is 23.5 Å². The Morgan fingerprint density at radius 2 is 2.12 bits per heavy atom. The number of carbonyl (C=O) groups is 3. The second kappa shape index (κ2) is 9.55. The number of piperazine rings is 1. The summed E-state index contributed by atoms with van der Waals surface area (Å²) in [5.74, 6) is -0.999. The Hall–Kier alpha value is -3.25. The topological polar surface area (TPSA) is 113 Å². The van der Waals surface area contributed by atoms with E-state index in [0.29, 0.717) is 23.1 Å². The summed E-state index contributed by atoms with van der Waals surface area (Å²) in [6.45, 7) is 4.36. The number of rotatable bonds is 5. The number of amides is 2. The SMILES string of the molecule is CCOC(=O)CC1C(=O)NCCN1c1nc2ccc(C)cn2c(=O)c1/C=C1\SC(=S)N(C)C1=O. The summed E-state index contributed by atoms with van der Waals surface area (Å²) in [6, 6.07) is 2.62. The van der Waals surface area contributed by atoms with Gasteiger partial charge in [-0.3, -0.25) is 28.5 Å². The Morgan fingerprint density at radius 1 is 1.35 bits per heavy atom. The number of carbonyl (C=O) groups excluding carboxylic acids is 3. The van der Waals surface area contributed by atoms with E-state index in [0.717, 1.165) is 17.3 Å². The fraction of sp³-hybridized carbons (Fsp3) is 0.364. The van der Waals surface area contributed by atoms with Crippen LogP contribution >= 0.6 is 24.0 Å². The molecule has 0 aliphatic carbocycles. The van der Waals surface area contributed by atoms with Crippen molar-refractivity contribution in [2.24, 2.45) is 0 Å². The van der Waals surface area contributed by atoms with Gasteiger partial charge in [0.1, 0.15) is 21.8 Å². The van der Waals surface area contributed by atoms with Crippen molar-refractivity contribution in [3.63, 3.8) is 0 Å². The third kappa shape index (κ3) is 4.42. The number of aryl methyl sites for hydroxylation is 1.